The summed E-state index contributed by atoms with van der Waals surface area (Å²) in [7, 11) is 1.81. The van der Waals surface area contributed by atoms with E-state index in [0.29, 0.717) is 30.3 Å². The summed E-state index contributed by atoms with van der Waals surface area (Å²) in [5.74, 6) is 1.15. The van der Waals surface area contributed by atoms with Gasteiger partial charge in [-0.2, -0.15) is 0 Å². The highest BCUT2D eigenvalue weighted by Crippen LogP contribution is 2.35. The van der Waals surface area contributed by atoms with Gasteiger partial charge in [-0.25, -0.2) is 0 Å². The van der Waals surface area contributed by atoms with E-state index >= 15 is 0 Å². The lowest BCUT2D eigenvalue weighted by Crippen LogP contribution is -2.35. The third-order valence-electron chi connectivity index (χ3n) is 6.42. The lowest BCUT2D eigenvalue weighted by atomic mass is 10.0. The van der Waals surface area contributed by atoms with Gasteiger partial charge in [0.1, 0.15) is 11.5 Å². The smallest absolute Gasteiger partial charge is 0.261 e. The summed E-state index contributed by atoms with van der Waals surface area (Å²) in [6.45, 7) is 15.8. The van der Waals surface area contributed by atoms with Crippen LogP contribution < -0.4 is 14.4 Å². The average Bonchev–Trinajstić information content (AvgIpc) is 2.89. The molecule has 0 aliphatic carbocycles. The van der Waals surface area contributed by atoms with Gasteiger partial charge in [-0.3, -0.25) is 9.69 Å². The highest BCUT2D eigenvalue weighted by atomic mass is 16.5. The van der Waals surface area contributed by atoms with Crippen LogP contribution in [0.1, 0.15) is 67.9 Å². The number of hydrogen-bond donors (Lipinski definition) is 0. The third kappa shape index (κ3) is 7.58. The van der Waals surface area contributed by atoms with Crippen LogP contribution in [0.25, 0.3) is 5.57 Å². The number of benzene rings is 2. The van der Waals surface area contributed by atoms with Crippen LogP contribution >= 0.6 is 0 Å². The molecular formula is C30H42N2O4. The van der Waals surface area contributed by atoms with Gasteiger partial charge in [0.05, 0.1) is 32.0 Å². The zero-order valence-electron chi connectivity index (χ0n) is 22.5. The highest BCUT2D eigenvalue weighted by molar-refractivity contribution is 6.08. The zero-order valence-corrected chi connectivity index (χ0v) is 22.5. The Kier molecular flexibility index (Phi) is 10.8. The van der Waals surface area contributed by atoms with Crippen molar-refractivity contribution in [1.29, 1.82) is 0 Å². The topological polar surface area (TPSA) is 51.2 Å². The van der Waals surface area contributed by atoms with Gasteiger partial charge < -0.3 is 19.1 Å². The van der Waals surface area contributed by atoms with Crippen LogP contribution in [0.4, 0.5) is 5.69 Å². The molecule has 36 heavy (non-hydrogen) atoms. The van der Waals surface area contributed by atoms with Crippen molar-refractivity contribution in [1.82, 2.24) is 4.90 Å². The first-order valence-corrected chi connectivity index (χ1v) is 13.2. The molecule has 1 aliphatic heterocycles. The first-order valence-electron chi connectivity index (χ1n) is 13.2. The summed E-state index contributed by atoms with van der Waals surface area (Å²) < 4.78 is 17.6. The van der Waals surface area contributed by atoms with Gasteiger partial charge >= 0.3 is 0 Å². The van der Waals surface area contributed by atoms with Crippen LogP contribution in [0, 0.1) is 0 Å². The van der Waals surface area contributed by atoms with Crippen LogP contribution in [0.15, 0.2) is 43.0 Å². The van der Waals surface area contributed by atoms with Crippen molar-refractivity contribution in [2.45, 2.75) is 53.0 Å². The molecule has 1 fully saturated rings. The molecule has 1 aliphatic rings. The SMILES string of the molecule is C=C(C)c1cc(C(=O)N(C)c2ccc(CN3CCOCC3)cc2)c(OCCCC)cc1OCCCC. The molecule has 0 bridgehead atoms. The van der Waals surface area contributed by atoms with E-state index in [1.54, 1.807) is 11.9 Å². The lowest BCUT2D eigenvalue weighted by Gasteiger charge is -2.27. The molecule has 1 heterocycles. The minimum atomic E-state index is -0.120. The molecule has 3 rings (SSSR count). The van der Waals surface area contributed by atoms with E-state index in [0.717, 1.165) is 75.4 Å². The van der Waals surface area contributed by atoms with Gasteiger partial charge in [-0.05, 0) is 49.1 Å². The fourth-order valence-corrected chi connectivity index (χ4v) is 4.09. The third-order valence-corrected chi connectivity index (χ3v) is 6.42. The number of amides is 1. The monoisotopic (exact) mass is 494 g/mol. The molecule has 196 valence electrons. The van der Waals surface area contributed by atoms with E-state index in [4.69, 9.17) is 14.2 Å². The van der Waals surface area contributed by atoms with Crippen LogP contribution in [-0.4, -0.2) is 57.4 Å². The number of morpholine rings is 1. The van der Waals surface area contributed by atoms with Crippen molar-refractivity contribution in [3.05, 3.63) is 59.7 Å². The first kappa shape index (κ1) is 27.8. The number of unbranched alkanes of at least 4 members (excludes halogenated alkanes) is 2. The summed E-state index contributed by atoms with van der Waals surface area (Å²) in [4.78, 5) is 17.8. The highest BCUT2D eigenvalue weighted by Gasteiger charge is 2.22. The van der Waals surface area contributed by atoms with E-state index in [9.17, 15) is 4.79 Å². The van der Waals surface area contributed by atoms with E-state index in [1.165, 1.54) is 5.56 Å². The largest absolute Gasteiger partial charge is 0.493 e. The molecule has 0 spiro atoms. The summed E-state index contributed by atoms with van der Waals surface area (Å²) in [6, 6.07) is 11.9. The number of allylic oxidation sites excluding steroid dienone is 1. The second-order valence-corrected chi connectivity index (χ2v) is 9.45. The number of ether oxygens (including phenoxy) is 3. The Labute approximate surface area is 216 Å². The Morgan fingerprint density at radius 3 is 2.11 bits per heavy atom. The molecule has 2 aromatic rings. The number of nitrogens with zero attached hydrogens (tertiary/aromatic N) is 2. The normalized spacial score (nSPS) is 13.9. The first-order chi connectivity index (χ1) is 17.4. The number of carbonyl (C=O) groups excluding carboxylic acids is 1. The van der Waals surface area contributed by atoms with Crippen LogP contribution in [-0.2, 0) is 11.3 Å². The van der Waals surface area contributed by atoms with E-state index in [-0.39, 0.29) is 5.91 Å². The van der Waals surface area contributed by atoms with Gasteiger partial charge in [-0.1, -0.05) is 45.4 Å². The molecular weight excluding hydrogens is 452 g/mol. The minimum absolute atomic E-state index is 0.120. The van der Waals surface area contributed by atoms with Crippen molar-refractivity contribution in [3.8, 4) is 11.5 Å². The Morgan fingerprint density at radius 2 is 1.56 bits per heavy atom. The molecule has 0 aromatic heterocycles. The van der Waals surface area contributed by atoms with Gasteiger partial charge in [0.25, 0.3) is 5.91 Å². The maximum atomic E-state index is 13.7. The maximum absolute atomic E-state index is 13.7. The Morgan fingerprint density at radius 1 is 0.972 bits per heavy atom. The molecule has 0 saturated carbocycles. The minimum Gasteiger partial charge on any atom is -0.493 e. The van der Waals surface area contributed by atoms with Crippen molar-refractivity contribution < 1.29 is 19.0 Å². The molecule has 0 N–H and O–H groups in total. The fraction of sp³-hybridized carbons (Fsp3) is 0.500. The van der Waals surface area contributed by atoms with E-state index < -0.39 is 0 Å². The second-order valence-electron chi connectivity index (χ2n) is 9.45. The second kappa shape index (κ2) is 14.0. The van der Waals surface area contributed by atoms with Gasteiger partial charge in [0, 0.05) is 44.0 Å². The standard InChI is InChI=1S/C30H42N2O4/c1-6-8-16-35-28-21-29(36-17-9-7-2)27(20-26(28)23(3)4)30(33)31(5)25-12-10-24(11-13-25)22-32-14-18-34-19-15-32/h10-13,20-21H,3,6-9,14-19,22H2,1-2,4-5H3. The predicted molar refractivity (Wildman–Crippen MR) is 147 cm³/mol. The van der Waals surface area contributed by atoms with Crippen LogP contribution in [0.2, 0.25) is 0 Å². The Bertz CT molecular complexity index is 997. The maximum Gasteiger partial charge on any atom is 0.261 e. The summed E-state index contributed by atoms with van der Waals surface area (Å²) in [5, 5.41) is 0. The summed E-state index contributed by atoms with van der Waals surface area (Å²) in [6.07, 6.45) is 3.95. The van der Waals surface area contributed by atoms with Gasteiger partial charge in [-0.15, -0.1) is 0 Å². The number of carbonyl (C=O) groups is 1. The molecule has 0 atom stereocenters. The Hall–Kier alpha value is -2.83. The summed E-state index contributed by atoms with van der Waals surface area (Å²) >= 11 is 0. The Balaban J connectivity index is 1.83. The van der Waals surface area contributed by atoms with Crippen LogP contribution in [0.3, 0.4) is 0 Å². The number of anilines is 1. The van der Waals surface area contributed by atoms with Crippen molar-refractivity contribution >= 4 is 17.2 Å². The molecule has 1 amide bonds. The molecule has 0 unspecified atom stereocenters. The van der Waals surface area contributed by atoms with Crippen molar-refractivity contribution in [2.75, 3.05) is 51.5 Å². The number of hydrogen-bond acceptors (Lipinski definition) is 5. The average molecular weight is 495 g/mol. The summed E-state index contributed by atoms with van der Waals surface area (Å²) in [5.41, 5.74) is 4.28. The molecule has 1 saturated heterocycles. The quantitative estimate of drug-likeness (QED) is 0.311. The van der Waals surface area contributed by atoms with E-state index in [1.807, 2.05) is 31.2 Å². The molecule has 6 nitrogen and oxygen atoms in total. The zero-order chi connectivity index (χ0) is 25.9. The molecule has 2 aromatic carbocycles. The lowest BCUT2D eigenvalue weighted by molar-refractivity contribution is 0.0342. The molecule has 0 radical (unpaired) electrons. The predicted octanol–water partition coefficient (Wildman–Crippen LogP) is 6.19. The van der Waals surface area contributed by atoms with Gasteiger partial charge in [0.2, 0.25) is 0 Å². The van der Waals surface area contributed by atoms with Crippen LogP contribution in [0.5, 0.6) is 11.5 Å². The van der Waals surface area contributed by atoms with Gasteiger partial charge in [0.15, 0.2) is 0 Å². The van der Waals surface area contributed by atoms with E-state index in [2.05, 4.69) is 37.5 Å². The number of rotatable bonds is 13. The molecule has 6 heteroatoms. The fourth-order valence-electron chi connectivity index (χ4n) is 4.09. The van der Waals surface area contributed by atoms with Crippen molar-refractivity contribution in [3.63, 3.8) is 0 Å². The van der Waals surface area contributed by atoms with Crippen molar-refractivity contribution in [2.24, 2.45) is 0 Å².